The summed E-state index contributed by atoms with van der Waals surface area (Å²) in [6.07, 6.45) is 10.5. The average Bonchev–Trinajstić information content (AvgIpc) is 1.77. The van der Waals surface area contributed by atoms with Gasteiger partial charge < -0.3 is 60.0 Å². The van der Waals surface area contributed by atoms with Gasteiger partial charge in [0.05, 0.1) is 36.6 Å². The molecule has 0 aromatic heterocycles. The van der Waals surface area contributed by atoms with Crippen LogP contribution in [-0.2, 0) is 70.1 Å². The zero-order chi connectivity index (χ0) is 75.2. The largest absolute Gasteiger partial charge is 0.417 e. The minimum Gasteiger partial charge on any atom is -0.343 e. The Morgan fingerprint density at radius 1 is 0.563 bits per heavy atom. The number of nitrogens with one attached hydrogen (secondary N) is 3. The van der Waals surface area contributed by atoms with Crippen molar-refractivity contribution in [1.82, 2.24) is 60.0 Å². The Balaban J connectivity index is 1.17. The summed E-state index contributed by atoms with van der Waals surface area (Å²) in [5.41, 5.74) is -2.33. The van der Waals surface area contributed by atoms with E-state index in [0.717, 1.165) is 105 Å². The van der Waals surface area contributed by atoms with Crippen LogP contribution in [0.1, 0.15) is 205 Å². The van der Waals surface area contributed by atoms with Gasteiger partial charge >= 0.3 is 6.18 Å². The van der Waals surface area contributed by atoms with Crippen LogP contribution in [0.5, 0.6) is 0 Å². The van der Waals surface area contributed by atoms with Crippen molar-refractivity contribution in [2.24, 2.45) is 23.7 Å². The maximum Gasteiger partial charge on any atom is 0.417 e. The summed E-state index contributed by atoms with van der Waals surface area (Å²) in [5, 5.41) is 8.29. The first-order chi connectivity index (χ1) is 48.8. The number of carbonyl (C=O) groups is 12. The van der Waals surface area contributed by atoms with Gasteiger partial charge in [0.25, 0.3) is 0 Å². The number of rotatable bonds is 11. The van der Waals surface area contributed by atoms with Crippen LogP contribution in [-0.4, -0.2) is 251 Å². The SMILES string of the molecule is CC(C)C[C@H]1C(=O)N[C@@H](CC2CCCC2)C(=O)N(C)CC(=O)N(C)CC(=O)N(C)[C@@H](CC2CCCCC2)C(=O)N(C)CC(=O)N[C@@H](CCc2ccc(C(F)(F)F)c(Cl)c2)C(=O)N2CCCC2C(=O)NC2(CCCC2)C(=O)N(C)[C@@H](C2CCCCC2)C(=O)N(C)[C@H](C(=O)N2CCCCC2)CC(=O)N1C. The molecule has 4 saturated carbocycles. The van der Waals surface area contributed by atoms with E-state index >= 15 is 33.6 Å². The highest BCUT2D eigenvalue weighted by molar-refractivity contribution is 6.31. The minimum atomic E-state index is -4.76. The van der Waals surface area contributed by atoms with Crippen LogP contribution in [0.15, 0.2) is 18.2 Å². The first-order valence-corrected chi connectivity index (χ1v) is 38.3. The van der Waals surface area contributed by atoms with E-state index in [9.17, 15) is 37.1 Å². The van der Waals surface area contributed by atoms with Crippen LogP contribution >= 0.6 is 11.6 Å². The number of alkyl halides is 3. The number of fused-ring (bicyclic) bond motifs is 1. The van der Waals surface area contributed by atoms with Crippen LogP contribution < -0.4 is 16.0 Å². The first-order valence-electron chi connectivity index (χ1n) is 38.0. The van der Waals surface area contributed by atoms with E-state index in [2.05, 4.69) is 16.0 Å². The zero-order valence-electron chi connectivity index (χ0n) is 62.3. The number of aryl methyl sites for hydroxylation is 1. The van der Waals surface area contributed by atoms with Crippen LogP contribution in [0, 0.1) is 23.7 Å². The fourth-order valence-corrected chi connectivity index (χ4v) is 17.3. The normalized spacial score (nSPS) is 27.1. The molecular formula is C75H114ClF3N12O12. The van der Waals surface area contributed by atoms with Crippen molar-refractivity contribution in [2.75, 3.05) is 88.6 Å². The van der Waals surface area contributed by atoms with E-state index in [1.807, 2.05) is 13.8 Å². The molecular weight excluding hydrogens is 1350 g/mol. The minimum absolute atomic E-state index is 0.0233. The highest BCUT2D eigenvalue weighted by Gasteiger charge is 2.52. The Morgan fingerprint density at radius 2 is 1.14 bits per heavy atom. The highest BCUT2D eigenvalue weighted by atomic mass is 35.5. The van der Waals surface area contributed by atoms with Crippen molar-refractivity contribution in [2.45, 2.75) is 254 Å². The second kappa shape index (κ2) is 36.8. The molecule has 103 heavy (non-hydrogen) atoms. The van der Waals surface area contributed by atoms with Crippen molar-refractivity contribution in [3.8, 4) is 0 Å². The fraction of sp³-hybridized carbons (Fsp3) is 0.760. The molecule has 7 aliphatic rings. The number of carbonyl (C=O) groups excluding carboxylic acids is 12. The molecule has 12 amide bonds. The molecule has 3 saturated heterocycles. The number of hydrogen-bond donors (Lipinski definition) is 3. The lowest BCUT2D eigenvalue weighted by Crippen LogP contribution is -2.65. The standard InChI is InChI=1S/C75H114ClF3N12O12/c1-48(2)40-58-66(96)81-56(42-49-26-17-18-27-49)68(98)85(5)46-63(94)83(3)47-64(95)87(7)59(43-50-24-13-10-14-25-50)70(100)84(4)45-61(92)80-55(34-32-51-31-33-53(54(76)41-51)75(77,78)79)69(99)91-39-23-30-57(91)67(97)82-74(35-19-20-36-74)73(103)89(9)65(52-28-15-11-16-29-52)72(102)88(8)60(44-62(93)86(58)6)71(101)90-37-21-12-22-38-90/h31,33,41,48-50,52,55-60,65H,10-30,32,34-40,42-47H2,1-9H3,(H,80,92)(H,81,96)(H,82,97)/t55-,56-,57?,58-,59-,60-,65-/m0/s1. The molecule has 1 aromatic carbocycles. The molecule has 28 heteroatoms. The topological polar surface area (TPSA) is 270 Å². The summed E-state index contributed by atoms with van der Waals surface area (Å²) < 4.78 is 41.7. The van der Waals surface area contributed by atoms with E-state index in [1.165, 1.54) is 84.8 Å². The molecule has 3 heterocycles. The van der Waals surface area contributed by atoms with Gasteiger partial charge in [0.15, 0.2) is 0 Å². The molecule has 1 aromatic rings. The molecule has 574 valence electrons. The summed E-state index contributed by atoms with van der Waals surface area (Å²) in [4.78, 5) is 192. The maximum atomic E-state index is 15.9. The number of likely N-dealkylation sites (N-methyl/N-ethyl adjacent to an activating group) is 7. The predicted molar refractivity (Wildman–Crippen MR) is 381 cm³/mol. The van der Waals surface area contributed by atoms with Gasteiger partial charge in [-0.15, -0.1) is 0 Å². The first kappa shape index (κ1) is 81.6. The van der Waals surface area contributed by atoms with Crippen LogP contribution in [0.25, 0.3) is 0 Å². The molecule has 1 unspecified atom stereocenters. The van der Waals surface area contributed by atoms with Crippen molar-refractivity contribution in [3.05, 3.63) is 34.3 Å². The average molecular weight is 1470 g/mol. The number of piperidine rings is 1. The van der Waals surface area contributed by atoms with Crippen molar-refractivity contribution >= 4 is 82.5 Å². The number of amides is 12. The predicted octanol–water partition coefficient (Wildman–Crippen LogP) is 6.96. The molecule has 7 fully saturated rings. The summed E-state index contributed by atoms with van der Waals surface area (Å²) in [5.74, 6) is -7.94. The van der Waals surface area contributed by atoms with Crippen molar-refractivity contribution in [3.63, 3.8) is 0 Å². The second-order valence-electron chi connectivity index (χ2n) is 31.2. The van der Waals surface area contributed by atoms with E-state index < -0.39 is 167 Å². The van der Waals surface area contributed by atoms with Crippen LogP contribution in [0.4, 0.5) is 13.2 Å². The smallest absolute Gasteiger partial charge is 0.343 e. The van der Waals surface area contributed by atoms with Crippen LogP contribution in [0.2, 0.25) is 5.02 Å². The number of benzene rings is 1. The Kier molecular flexibility index (Phi) is 29.1. The lowest BCUT2D eigenvalue weighted by atomic mass is 9.81. The van der Waals surface area contributed by atoms with Crippen molar-refractivity contribution in [1.29, 1.82) is 0 Å². The zero-order valence-corrected chi connectivity index (χ0v) is 63.0. The lowest BCUT2D eigenvalue weighted by molar-refractivity contribution is -0.157. The van der Waals surface area contributed by atoms with Crippen LogP contribution in [0.3, 0.4) is 0 Å². The molecule has 7 atom stereocenters. The molecule has 24 nitrogen and oxygen atoms in total. The molecule has 3 aliphatic heterocycles. The van der Waals surface area contributed by atoms with Crippen molar-refractivity contribution < 1.29 is 70.7 Å². The van der Waals surface area contributed by atoms with Gasteiger partial charge in [0.2, 0.25) is 70.9 Å². The summed E-state index contributed by atoms with van der Waals surface area (Å²) >= 11 is 6.17. The van der Waals surface area contributed by atoms with Gasteiger partial charge in [-0.05, 0) is 131 Å². The number of hydrogen-bond acceptors (Lipinski definition) is 12. The molecule has 4 aliphatic carbocycles. The Hall–Kier alpha value is -7.06. The number of likely N-dealkylation sites (tertiary alicyclic amines) is 1. The lowest BCUT2D eigenvalue weighted by Gasteiger charge is -2.43. The van der Waals surface area contributed by atoms with E-state index in [-0.39, 0.29) is 75.7 Å². The molecule has 1 spiro atoms. The quantitative estimate of drug-likeness (QED) is 0.203. The van der Waals surface area contributed by atoms with Gasteiger partial charge in [0.1, 0.15) is 47.8 Å². The Labute approximate surface area is 611 Å². The summed E-state index contributed by atoms with van der Waals surface area (Å²) in [7, 11) is 10.1. The number of halogens is 4. The third-order valence-electron chi connectivity index (χ3n) is 23.2. The maximum absolute atomic E-state index is 15.9. The third-order valence-corrected chi connectivity index (χ3v) is 23.5. The van der Waals surface area contributed by atoms with Gasteiger partial charge in [-0.25, -0.2) is 0 Å². The molecule has 0 radical (unpaired) electrons. The monoisotopic (exact) mass is 1470 g/mol. The van der Waals surface area contributed by atoms with Gasteiger partial charge in [-0.2, -0.15) is 13.2 Å². The Morgan fingerprint density at radius 3 is 1.75 bits per heavy atom. The molecule has 0 bridgehead atoms. The third kappa shape index (κ3) is 20.9. The molecule has 3 N–H and O–H groups in total. The highest BCUT2D eigenvalue weighted by Crippen LogP contribution is 2.39. The van der Waals surface area contributed by atoms with Gasteiger partial charge in [0, 0.05) is 69.0 Å². The van der Waals surface area contributed by atoms with E-state index in [1.54, 1.807) is 4.90 Å². The summed E-state index contributed by atoms with van der Waals surface area (Å²) in [6, 6.07) is -5.41. The Bertz CT molecular complexity index is 3200. The van der Waals surface area contributed by atoms with Gasteiger partial charge in [-0.3, -0.25) is 57.5 Å². The summed E-state index contributed by atoms with van der Waals surface area (Å²) in [6.45, 7) is 2.95. The van der Waals surface area contributed by atoms with Gasteiger partial charge in [-0.1, -0.05) is 121 Å². The number of nitrogens with zero attached hydrogens (tertiary/aromatic N) is 9. The van der Waals surface area contributed by atoms with E-state index in [0.29, 0.717) is 63.6 Å². The second-order valence-corrected chi connectivity index (χ2v) is 31.7. The van der Waals surface area contributed by atoms with E-state index in [4.69, 9.17) is 11.6 Å². The molecule has 8 rings (SSSR count). The fourth-order valence-electron chi connectivity index (χ4n) is 17.0.